The van der Waals surface area contributed by atoms with Crippen LogP contribution in [-0.4, -0.2) is 100 Å². The molecule has 3 aliphatic heterocycles. The molecule has 0 spiro atoms. The van der Waals surface area contributed by atoms with Crippen molar-refractivity contribution >= 4 is 29.8 Å². The Morgan fingerprint density at radius 1 is 0.911 bits per heavy atom. The molecule has 1 saturated carbocycles. The molecule has 45 heavy (non-hydrogen) atoms. The van der Waals surface area contributed by atoms with Gasteiger partial charge in [-0.25, -0.2) is 4.79 Å². The van der Waals surface area contributed by atoms with Crippen LogP contribution in [0.4, 0.5) is 4.79 Å². The highest BCUT2D eigenvalue weighted by atomic mass is 16.6. The van der Waals surface area contributed by atoms with Gasteiger partial charge in [-0.05, 0) is 37.3 Å². The molecule has 0 aromatic heterocycles. The van der Waals surface area contributed by atoms with Crippen LogP contribution < -0.4 is 0 Å². The van der Waals surface area contributed by atoms with Crippen molar-refractivity contribution in [2.45, 2.75) is 82.1 Å². The van der Waals surface area contributed by atoms with Gasteiger partial charge in [-0.3, -0.25) is 19.4 Å². The van der Waals surface area contributed by atoms with E-state index in [2.05, 4.69) is 4.90 Å². The summed E-state index contributed by atoms with van der Waals surface area (Å²) in [5, 5.41) is 0. The van der Waals surface area contributed by atoms with Crippen molar-refractivity contribution in [3.63, 3.8) is 0 Å². The Morgan fingerprint density at radius 2 is 1.58 bits per heavy atom. The molecular weight excluding hydrogens is 568 g/mol. The molecule has 4 aliphatic rings. The molecule has 2 aromatic rings. The number of carbonyl (C=O) groups is 4. The Labute approximate surface area is 265 Å². The van der Waals surface area contributed by atoms with Gasteiger partial charge < -0.3 is 19.3 Å². The predicted molar refractivity (Wildman–Crippen MR) is 171 cm³/mol. The first kappa shape index (κ1) is 31.0. The number of rotatable bonds is 10. The average molecular weight is 613 g/mol. The van der Waals surface area contributed by atoms with E-state index in [0.29, 0.717) is 19.1 Å². The lowest BCUT2D eigenvalue weighted by atomic mass is 9.87. The van der Waals surface area contributed by atoms with Crippen LogP contribution in [0.25, 0.3) is 6.08 Å². The molecule has 2 aromatic carbocycles. The number of β-lactam (4-membered cyclic amide) rings is 1. The maximum absolute atomic E-state index is 14.2. The van der Waals surface area contributed by atoms with Crippen molar-refractivity contribution < 1.29 is 23.9 Å². The van der Waals surface area contributed by atoms with Gasteiger partial charge in [0.1, 0.15) is 24.5 Å². The average Bonchev–Trinajstić information content (AvgIpc) is 3.45. The minimum absolute atomic E-state index is 0.0249. The topological polar surface area (TPSA) is 90.5 Å². The molecule has 3 heterocycles. The molecular formula is C36H44N4O5. The van der Waals surface area contributed by atoms with E-state index in [9.17, 15) is 19.2 Å². The van der Waals surface area contributed by atoms with Crippen molar-refractivity contribution in [3.05, 3.63) is 77.9 Å². The Kier molecular flexibility index (Phi) is 9.64. The Balaban J connectivity index is 1.27. The number of carbonyl (C=O) groups excluding carboxylic acids is 4. The normalized spacial score (nSPS) is 25.4. The number of hydrogen-bond acceptors (Lipinski definition) is 6. The molecule has 3 amide bonds. The molecule has 9 heteroatoms. The van der Waals surface area contributed by atoms with Gasteiger partial charge in [0.25, 0.3) is 0 Å². The summed E-state index contributed by atoms with van der Waals surface area (Å²) in [5.74, 6) is -0.434. The standard InChI is InChI=1S/C36H44N4O5/c1-26(41)17-19-31(34(42)38-23-21-37(22-24-38)29-15-9-4-10-16-29)39-30(20-18-27-11-5-2-6-12-27)33(35(39)43)40-32(25-45-36(40)44)28-13-7-3-8-14-28/h2-3,5-8,11-14,18,20,29-33H,4,9-10,15-17,19,21-25H2,1H3/b20-18+. The van der Waals surface area contributed by atoms with Crippen molar-refractivity contribution in [3.8, 4) is 0 Å². The lowest BCUT2D eigenvalue weighted by Crippen LogP contribution is -2.74. The summed E-state index contributed by atoms with van der Waals surface area (Å²) in [5.41, 5.74) is 1.84. The molecule has 6 rings (SSSR count). The van der Waals surface area contributed by atoms with Crippen LogP contribution >= 0.6 is 0 Å². The van der Waals surface area contributed by atoms with Crippen LogP contribution in [0.5, 0.6) is 0 Å². The first-order chi connectivity index (χ1) is 21.9. The van der Waals surface area contributed by atoms with Crippen LogP contribution in [0, 0.1) is 0 Å². The Morgan fingerprint density at radius 3 is 2.24 bits per heavy atom. The smallest absolute Gasteiger partial charge is 0.411 e. The first-order valence-electron chi connectivity index (χ1n) is 16.5. The maximum atomic E-state index is 14.2. The van der Waals surface area contributed by atoms with Crippen molar-refractivity contribution in [1.82, 2.24) is 19.6 Å². The van der Waals surface area contributed by atoms with Crippen molar-refractivity contribution in [1.29, 1.82) is 0 Å². The number of nitrogens with zero attached hydrogens (tertiary/aromatic N) is 4. The van der Waals surface area contributed by atoms with Crippen LogP contribution in [0.2, 0.25) is 0 Å². The van der Waals surface area contributed by atoms with Crippen LogP contribution in [0.3, 0.4) is 0 Å². The number of Topliss-reactive ketones (excluding diaryl/α,β-unsaturated/α-hetero) is 1. The number of amides is 3. The molecule has 0 radical (unpaired) electrons. The van der Waals surface area contributed by atoms with Crippen LogP contribution in [0.15, 0.2) is 66.7 Å². The lowest BCUT2D eigenvalue weighted by Gasteiger charge is -2.53. The number of piperazine rings is 1. The minimum atomic E-state index is -0.819. The third-order valence-corrected chi connectivity index (χ3v) is 9.94. The second-order valence-electron chi connectivity index (χ2n) is 12.8. The van der Waals surface area contributed by atoms with Gasteiger partial charge >= 0.3 is 6.09 Å². The summed E-state index contributed by atoms with van der Waals surface area (Å²) in [6.07, 6.45) is 10.0. The van der Waals surface area contributed by atoms with Crippen LogP contribution in [-0.2, 0) is 19.1 Å². The third-order valence-electron chi connectivity index (χ3n) is 9.94. The first-order valence-corrected chi connectivity index (χ1v) is 16.5. The zero-order valence-corrected chi connectivity index (χ0v) is 26.1. The Hall–Kier alpha value is -3.98. The monoisotopic (exact) mass is 612 g/mol. The molecule has 1 aliphatic carbocycles. The molecule has 4 fully saturated rings. The van der Waals surface area contributed by atoms with E-state index < -0.39 is 30.3 Å². The number of ketones is 1. The van der Waals surface area contributed by atoms with E-state index in [1.54, 1.807) is 9.80 Å². The summed E-state index contributed by atoms with van der Waals surface area (Å²) in [6.45, 7) is 4.53. The fourth-order valence-electron chi connectivity index (χ4n) is 7.49. The highest BCUT2D eigenvalue weighted by molar-refractivity contribution is 5.98. The van der Waals surface area contributed by atoms with Gasteiger partial charge in [0.15, 0.2) is 0 Å². The Bertz CT molecular complexity index is 1380. The van der Waals surface area contributed by atoms with E-state index in [0.717, 1.165) is 24.2 Å². The van der Waals surface area contributed by atoms with E-state index in [-0.39, 0.29) is 37.0 Å². The summed E-state index contributed by atoms with van der Waals surface area (Å²) < 4.78 is 5.49. The zero-order valence-electron chi connectivity index (χ0n) is 26.1. The molecule has 0 bridgehead atoms. The van der Waals surface area contributed by atoms with Crippen molar-refractivity contribution in [2.24, 2.45) is 0 Å². The van der Waals surface area contributed by atoms with Gasteiger partial charge in [-0.15, -0.1) is 0 Å². The molecule has 238 valence electrons. The molecule has 9 nitrogen and oxygen atoms in total. The van der Waals surface area contributed by atoms with Crippen LogP contribution in [0.1, 0.15) is 69.0 Å². The van der Waals surface area contributed by atoms with Crippen molar-refractivity contribution in [2.75, 3.05) is 32.8 Å². The largest absolute Gasteiger partial charge is 0.447 e. The van der Waals surface area contributed by atoms with Gasteiger partial charge in [0.2, 0.25) is 11.8 Å². The number of likely N-dealkylation sites (tertiary alicyclic amines) is 1. The summed E-state index contributed by atoms with van der Waals surface area (Å²) in [7, 11) is 0. The molecule has 3 saturated heterocycles. The summed E-state index contributed by atoms with van der Waals surface area (Å²) in [6, 6.07) is 17.4. The molecule has 4 unspecified atom stereocenters. The lowest BCUT2D eigenvalue weighted by molar-refractivity contribution is -0.166. The van der Waals surface area contributed by atoms with E-state index in [1.807, 2.05) is 77.7 Å². The molecule has 4 atom stereocenters. The van der Waals surface area contributed by atoms with Gasteiger partial charge in [0.05, 0.1) is 12.1 Å². The zero-order chi connectivity index (χ0) is 31.3. The molecule has 0 N–H and O–H groups in total. The van der Waals surface area contributed by atoms with Gasteiger partial charge in [-0.2, -0.15) is 0 Å². The fourth-order valence-corrected chi connectivity index (χ4v) is 7.49. The van der Waals surface area contributed by atoms with Gasteiger partial charge in [-0.1, -0.05) is 92.1 Å². The number of benzene rings is 2. The highest BCUT2D eigenvalue weighted by Gasteiger charge is 2.58. The predicted octanol–water partition coefficient (Wildman–Crippen LogP) is 4.69. The number of cyclic esters (lactones) is 1. The maximum Gasteiger partial charge on any atom is 0.411 e. The summed E-state index contributed by atoms with van der Waals surface area (Å²) in [4.78, 5) is 61.4. The quantitative estimate of drug-likeness (QED) is 0.362. The third kappa shape index (κ3) is 6.69. The van der Waals surface area contributed by atoms with E-state index in [4.69, 9.17) is 4.74 Å². The summed E-state index contributed by atoms with van der Waals surface area (Å²) >= 11 is 0. The second-order valence-corrected chi connectivity index (χ2v) is 12.8. The minimum Gasteiger partial charge on any atom is -0.447 e. The second kappa shape index (κ2) is 14.0. The van der Waals surface area contributed by atoms with E-state index in [1.165, 1.54) is 39.0 Å². The number of ether oxygens (including phenoxy) is 1. The van der Waals surface area contributed by atoms with E-state index >= 15 is 0 Å². The fraction of sp³-hybridized carbons (Fsp3) is 0.500. The van der Waals surface area contributed by atoms with Gasteiger partial charge in [0, 0.05) is 38.6 Å². The SMILES string of the molecule is CC(=O)CCC(C(=O)N1CCN(C2CCCCC2)CC1)N1C(=O)C(N2C(=O)OCC2c2ccccc2)C1/C=C/c1ccccc1. The number of hydrogen-bond donors (Lipinski definition) is 0. The highest BCUT2D eigenvalue weighted by Crippen LogP contribution is 2.39.